The quantitative estimate of drug-likeness (QED) is 0.167. The minimum Gasteiger partial charge on any atom is -0.238 e. The fraction of sp³-hybridized carbons (Fsp3) is 0.239. The first-order valence-corrected chi connectivity index (χ1v) is 18.0. The fourth-order valence-corrected chi connectivity index (χ4v) is 9.62. The standard InChI is InChI=1S/C46H37N5/c1-29-19-39(46-26-30-20-31(27-46)22-32(21-30)28-46)13-18-42(29)37-23-36(33-7-5-4-6-8-33)24-38(25-37)45-50-43(34-9-14-40(47-2)15-10-34)49-44(51-45)35-11-16-41(48-3)17-12-35/h4-19,23-25,30-32H,20-22,26-28H2,1H3. The first kappa shape index (κ1) is 31.1. The molecule has 5 heteroatoms. The van der Waals surface area contributed by atoms with E-state index in [1.165, 1.54) is 49.7 Å². The Morgan fingerprint density at radius 1 is 0.510 bits per heavy atom. The number of hydrogen-bond donors (Lipinski definition) is 0. The zero-order chi connectivity index (χ0) is 34.5. The summed E-state index contributed by atoms with van der Waals surface area (Å²) >= 11 is 0. The van der Waals surface area contributed by atoms with Gasteiger partial charge in [0, 0.05) is 16.7 Å². The minimum atomic E-state index is 0.354. The first-order valence-electron chi connectivity index (χ1n) is 18.0. The van der Waals surface area contributed by atoms with Gasteiger partial charge in [-0.05, 0) is 120 Å². The van der Waals surface area contributed by atoms with Crippen molar-refractivity contribution >= 4 is 11.4 Å². The van der Waals surface area contributed by atoms with Crippen LogP contribution in [-0.2, 0) is 5.41 Å². The topological polar surface area (TPSA) is 47.4 Å². The molecule has 10 rings (SSSR count). The fourth-order valence-electron chi connectivity index (χ4n) is 9.62. The third-order valence-corrected chi connectivity index (χ3v) is 11.6. The van der Waals surface area contributed by atoms with Gasteiger partial charge in [-0.25, -0.2) is 24.6 Å². The molecule has 4 bridgehead atoms. The van der Waals surface area contributed by atoms with Gasteiger partial charge in [-0.2, -0.15) is 0 Å². The molecule has 1 aromatic heterocycles. The number of nitrogens with zero attached hydrogens (tertiary/aromatic N) is 5. The third-order valence-electron chi connectivity index (χ3n) is 11.6. The van der Waals surface area contributed by atoms with Crippen LogP contribution in [0.2, 0.25) is 0 Å². The highest BCUT2D eigenvalue weighted by molar-refractivity contribution is 5.81. The van der Waals surface area contributed by atoms with E-state index in [1.54, 1.807) is 29.8 Å². The number of hydrogen-bond acceptors (Lipinski definition) is 3. The van der Waals surface area contributed by atoms with Crippen LogP contribution in [0, 0.1) is 37.8 Å². The molecular formula is C46H37N5. The van der Waals surface area contributed by atoms with Crippen LogP contribution in [0.25, 0.3) is 66.1 Å². The predicted molar refractivity (Wildman–Crippen MR) is 204 cm³/mol. The van der Waals surface area contributed by atoms with E-state index < -0.39 is 0 Å². The van der Waals surface area contributed by atoms with Crippen molar-refractivity contribution in [1.82, 2.24) is 15.0 Å². The summed E-state index contributed by atoms with van der Waals surface area (Å²) in [6.45, 7) is 17.1. The summed E-state index contributed by atoms with van der Waals surface area (Å²) in [4.78, 5) is 22.1. The molecule has 0 atom stereocenters. The molecule has 1 heterocycles. The van der Waals surface area contributed by atoms with E-state index in [2.05, 4.69) is 77.3 Å². The normalized spacial score (nSPS) is 21.6. The zero-order valence-electron chi connectivity index (χ0n) is 28.7. The Bertz CT molecular complexity index is 2250. The molecule has 5 nitrogen and oxygen atoms in total. The van der Waals surface area contributed by atoms with Gasteiger partial charge in [0.2, 0.25) is 0 Å². The van der Waals surface area contributed by atoms with Crippen LogP contribution >= 0.6 is 0 Å². The molecule has 246 valence electrons. The van der Waals surface area contributed by atoms with Gasteiger partial charge in [-0.3, -0.25) is 0 Å². The van der Waals surface area contributed by atoms with E-state index in [-0.39, 0.29) is 0 Å². The lowest BCUT2D eigenvalue weighted by molar-refractivity contribution is -0.00520. The molecule has 6 aromatic rings. The number of rotatable bonds is 6. The minimum absolute atomic E-state index is 0.354. The maximum absolute atomic E-state index is 7.41. The van der Waals surface area contributed by atoms with Gasteiger partial charge in [0.25, 0.3) is 0 Å². The van der Waals surface area contributed by atoms with E-state index >= 15 is 0 Å². The highest BCUT2D eigenvalue weighted by Gasteiger charge is 2.51. The molecule has 51 heavy (non-hydrogen) atoms. The second kappa shape index (κ2) is 12.4. The van der Waals surface area contributed by atoms with E-state index in [4.69, 9.17) is 28.1 Å². The zero-order valence-corrected chi connectivity index (χ0v) is 28.7. The molecule has 0 saturated heterocycles. The lowest BCUT2D eigenvalue weighted by atomic mass is 9.48. The average Bonchev–Trinajstić information content (AvgIpc) is 3.17. The monoisotopic (exact) mass is 659 g/mol. The van der Waals surface area contributed by atoms with Crippen LogP contribution < -0.4 is 0 Å². The second-order valence-electron chi connectivity index (χ2n) is 15.0. The predicted octanol–water partition coefficient (Wildman–Crippen LogP) is 12.1. The molecule has 0 spiro atoms. The first-order chi connectivity index (χ1) is 24.9. The van der Waals surface area contributed by atoms with Crippen molar-refractivity contribution in [2.24, 2.45) is 17.8 Å². The lowest BCUT2D eigenvalue weighted by Crippen LogP contribution is -2.48. The van der Waals surface area contributed by atoms with E-state index in [1.807, 2.05) is 30.3 Å². The summed E-state index contributed by atoms with van der Waals surface area (Å²) in [7, 11) is 0. The maximum Gasteiger partial charge on any atom is 0.187 e. The smallest absolute Gasteiger partial charge is 0.187 e. The molecule has 5 aromatic carbocycles. The Labute approximate surface area is 299 Å². The van der Waals surface area contributed by atoms with Crippen molar-refractivity contribution in [3.8, 4) is 56.4 Å². The van der Waals surface area contributed by atoms with Crippen molar-refractivity contribution in [3.63, 3.8) is 0 Å². The summed E-state index contributed by atoms with van der Waals surface area (Å²) in [6.07, 6.45) is 8.42. The highest BCUT2D eigenvalue weighted by atomic mass is 15.0. The summed E-state index contributed by atoms with van der Waals surface area (Å²) in [6, 6.07) is 39.2. The average molecular weight is 660 g/mol. The Kier molecular flexibility index (Phi) is 7.59. The van der Waals surface area contributed by atoms with Crippen LogP contribution in [0.5, 0.6) is 0 Å². The summed E-state index contributed by atoms with van der Waals surface area (Å²) in [5.41, 5.74) is 11.4. The van der Waals surface area contributed by atoms with Crippen molar-refractivity contribution in [2.45, 2.75) is 50.9 Å². The van der Waals surface area contributed by atoms with Crippen molar-refractivity contribution < 1.29 is 0 Å². The molecule has 0 N–H and O–H groups in total. The van der Waals surface area contributed by atoms with Crippen molar-refractivity contribution in [2.75, 3.05) is 0 Å². The van der Waals surface area contributed by atoms with Gasteiger partial charge >= 0.3 is 0 Å². The van der Waals surface area contributed by atoms with E-state index in [0.29, 0.717) is 34.3 Å². The van der Waals surface area contributed by atoms with Gasteiger partial charge in [-0.15, -0.1) is 0 Å². The molecule has 0 amide bonds. The molecule has 0 aliphatic heterocycles. The van der Waals surface area contributed by atoms with Crippen LogP contribution in [0.15, 0.2) is 115 Å². The summed E-state index contributed by atoms with van der Waals surface area (Å²) in [5, 5.41) is 0. The molecule has 4 aliphatic carbocycles. The van der Waals surface area contributed by atoms with Crippen molar-refractivity contribution in [1.29, 1.82) is 0 Å². The van der Waals surface area contributed by atoms with Gasteiger partial charge in [0.05, 0.1) is 13.1 Å². The number of aryl methyl sites for hydroxylation is 1. The Hall–Kier alpha value is -5.91. The Balaban J connectivity index is 1.18. The Morgan fingerprint density at radius 2 is 1.00 bits per heavy atom. The molecule has 4 saturated carbocycles. The van der Waals surface area contributed by atoms with Crippen molar-refractivity contribution in [3.05, 3.63) is 149 Å². The maximum atomic E-state index is 7.41. The van der Waals surface area contributed by atoms with Gasteiger partial charge in [-0.1, -0.05) is 97.1 Å². The largest absolute Gasteiger partial charge is 0.238 e. The SMILES string of the molecule is [C-]#[N+]c1ccc(-c2nc(-c3ccc([N+]#[C-])cc3)nc(-c3cc(-c4ccccc4)cc(-c4ccc(C56CC7CC(CC(C7)C5)C6)cc4C)c3)n2)cc1. The number of benzene rings is 5. The van der Waals surface area contributed by atoms with Crippen LogP contribution in [0.1, 0.15) is 49.7 Å². The van der Waals surface area contributed by atoms with E-state index in [0.717, 1.165) is 51.1 Å². The van der Waals surface area contributed by atoms with Gasteiger partial charge in [0.1, 0.15) is 0 Å². The highest BCUT2D eigenvalue weighted by Crippen LogP contribution is 2.61. The summed E-state index contributed by atoms with van der Waals surface area (Å²) in [5.74, 6) is 4.36. The molecule has 4 aliphatic rings. The van der Waals surface area contributed by atoms with Crippen LogP contribution in [0.4, 0.5) is 11.4 Å². The third kappa shape index (κ3) is 5.80. The van der Waals surface area contributed by atoms with E-state index in [9.17, 15) is 0 Å². The van der Waals surface area contributed by atoms with Gasteiger partial charge in [0.15, 0.2) is 28.8 Å². The van der Waals surface area contributed by atoms with Gasteiger partial charge < -0.3 is 0 Å². The molecular weight excluding hydrogens is 623 g/mol. The molecule has 0 radical (unpaired) electrons. The molecule has 4 fully saturated rings. The number of aromatic nitrogens is 3. The second-order valence-corrected chi connectivity index (χ2v) is 15.0. The lowest BCUT2D eigenvalue weighted by Gasteiger charge is -2.57. The van der Waals surface area contributed by atoms with Crippen LogP contribution in [-0.4, -0.2) is 15.0 Å². The molecule has 0 unspecified atom stereocenters. The van der Waals surface area contributed by atoms with Crippen LogP contribution in [0.3, 0.4) is 0 Å². The Morgan fingerprint density at radius 3 is 1.51 bits per heavy atom. The summed E-state index contributed by atoms with van der Waals surface area (Å²) < 4.78 is 0.